The SMILES string of the molecule is COc1ccc(Nc2ccccc2C(=O)N2CCN(C(=O)c3ccccc3)CC2)cc1. The molecule has 0 aromatic heterocycles. The highest BCUT2D eigenvalue weighted by molar-refractivity contribution is 6.00. The third kappa shape index (κ3) is 4.69. The Morgan fingerprint density at radius 1 is 0.742 bits per heavy atom. The molecule has 6 heteroatoms. The van der Waals surface area contributed by atoms with E-state index in [9.17, 15) is 9.59 Å². The summed E-state index contributed by atoms with van der Waals surface area (Å²) in [6.45, 7) is 2.06. The minimum atomic E-state index is -0.0385. The third-order valence-corrected chi connectivity index (χ3v) is 5.40. The number of ether oxygens (including phenoxy) is 1. The number of piperazine rings is 1. The van der Waals surface area contributed by atoms with E-state index >= 15 is 0 Å². The summed E-state index contributed by atoms with van der Waals surface area (Å²) in [4.78, 5) is 29.5. The van der Waals surface area contributed by atoms with Gasteiger partial charge in [0, 0.05) is 37.4 Å². The van der Waals surface area contributed by atoms with E-state index in [1.54, 1.807) is 12.0 Å². The van der Waals surface area contributed by atoms with Crippen LogP contribution in [0.25, 0.3) is 0 Å². The molecule has 3 aromatic rings. The number of amides is 2. The zero-order valence-corrected chi connectivity index (χ0v) is 17.5. The van der Waals surface area contributed by atoms with Crippen molar-refractivity contribution in [2.24, 2.45) is 0 Å². The van der Waals surface area contributed by atoms with Gasteiger partial charge in [-0.2, -0.15) is 0 Å². The van der Waals surface area contributed by atoms with Gasteiger partial charge in [-0.15, -0.1) is 0 Å². The Morgan fingerprint density at radius 3 is 1.97 bits per heavy atom. The lowest BCUT2D eigenvalue weighted by Crippen LogP contribution is -2.50. The number of carbonyl (C=O) groups is 2. The van der Waals surface area contributed by atoms with Crippen molar-refractivity contribution in [3.63, 3.8) is 0 Å². The van der Waals surface area contributed by atoms with Gasteiger partial charge in [0.2, 0.25) is 0 Å². The van der Waals surface area contributed by atoms with E-state index in [0.29, 0.717) is 37.3 Å². The molecule has 158 valence electrons. The van der Waals surface area contributed by atoms with Crippen molar-refractivity contribution in [1.82, 2.24) is 9.80 Å². The number of carbonyl (C=O) groups excluding carboxylic acids is 2. The van der Waals surface area contributed by atoms with Crippen LogP contribution in [0.4, 0.5) is 11.4 Å². The Hall–Kier alpha value is -3.80. The van der Waals surface area contributed by atoms with Crippen LogP contribution in [-0.4, -0.2) is 54.9 Å². The summed E-state index contributed by atoms with van der Waals surface area (Å²) in [6.07, 6.45) is 0. The summed E-state index contributed by atoms with van der Waals surface area (Å²) >= 11 is 0. The highest BCUT2D eigenvalue weighted by Gasteiger charge is 2.26. The molecule has 0 saturated carbocycles. The van der Waals surface area contributed by atoms with Gasteiger partial charge in [-0.3, -0.25) is 9.59 Å². The highest BCUT2D eigenvalue weighted by Crippen LogP contribution is 2.24. The molecule has 0 bridgehead atoms. The maximum absolute atomic E-state index is 13.2. The molecule has 31 heavy (non-hydrogen) atoms. The van der Waals surface area contributed by atoms with E-state index in [1.807, 2.05) is 83.8 Å². The first-order valence-electron chi connectivity index (χ1n) is 10.3. The number of para-hydroxylation sites is 1. The summed E-state index contributed by atoms with van der Waals surface area (Å²) in [6, 6.07) is 24.3. The normalized spacial score (nSPS) is 13.6. The monoisotopic (exact) mass is 415 g/mol. The van der Waals surface area contributed by atoms with Gasteiger partial charge >= 0.3 is 0 Å². The number of nitrogens with zero attached hydrogens (tertiary/aromatic N) is 2. The van der Waals surface area contributed by atoms with Crippen molar-refractivity contribution >= 4 is 23.2 Å². The summed E-state index contributed by atoms with van der Waals surface area (Å²) in [5.74, 6) is 0.746. The molecule has 0 radical (unpaired) electrons. The lowest BCUT2D eigenvalue weighted by Gasteiger charge is -2.35. The van der Waals surface area contributed by atoms with Crippen LogP contribution in [0.2, 0.25) is 0 Å². The van der Waals surface area contributed by atoms with Crippen LogP contribution in [0, 0.1) is 0 Å². The number of hydrogen-bond acceptors (Lipinski definition) is 4. The average molecular weight is 415 g/mol. The molecule has 1 fully saturated rings. The van der Waals surface area contributed by atoms with Crippen LogP contribution in [-0.2, 0) is 0 Å². The van der Waals surface area contributed by atoms with E-state index in [4.69, 9.17) is 4.74 Å². The van der Waals surface area contributed by atoms with Crippen LogP contribution in [0.15, 0.2) is 78.9 Å². The van der Waals surface area contributed by atoms with E-state index in [-0.39, 0.29) is 11.8 Å². The number of nitrogens with one attached hydrogen (secondary N) is 1. The van der Waals surface area contributed by atoms with Crippen molar-refractivity contribution in [3.05, 3.63) is 90.0 Å². The van der Waals surface area contributed by atoms with Gasteiger partial charge in [0.05, 0.1) is 18.4 Å². The molecule has 1 heterocycles. The predicted molar refractivity (Wildman–Crippen MR) is 121 cm³/mol. The summed E-state index contributed by atoms with van der Waals surface area (Å²) in [5.41, 5.74) is 2.91. The Kier molecular flexibility index (Phi) is 6.17. The van der Waals surface area contributed by atoms with E-state index in [1.165, 1.54) is 0 Å². The zero-order chi connectivity index (χ0) is 21.6. The number of methoxy groups -OCH3 is 1. The third-order valence-electron chi connectivity index (χ3n) is 5.40. The van der Waals surface area contributed by atoms with Crippen molar-refractivity contribution in [1.29, 1.82) is 0 Å². The molecule has 1 saturated heterocycles. The summed E-state index contributed by atoms with van der Waals surface area (Å²) < 4.78 is 5.20. The maximum atomic E-state index is 13.2. The average Bonchev–Trinajstić information content (AvgIpc) is 2.84. The minimum Gasteiger partial charge on any atom is -0.497 e. The molecule has 0 atom stereocenters. The largest absolute Gasteiger partial charge is 0.497 e. The standard InChI is InChI=1S/C25H25N3O3/c1-31-21-13-11-20(12-14-21)26-23-10-6-5-9-22(23)25(30)28-17-15-27(16-18-28)24(29)19-7-3-2-4-8-19/h2-14,26H,15-18H2,1H3. The van der Waals surface area contributed by atoms with Crippen LogP contribution in [0.3, 0.4) is 0 Å². The lowest BCUT2D eigenvalue weighted by molar-refractivity contribution is 0.0536. The van der Waals surface area contributed by atoms with Crippen LogP contribution < -0.4 is 10.1 Å². The molecule has 1 aliphatic heterocycles. The van der Waals surface area contributed by atoms with E-state index < -0.39 is 0 Å². The molecule has 0 spiro atoms. The molecule has 1 aliphatic rings. The summed E-state index contributed by atoms with van der Waals surface area (Å²) in [5, 5.41) is 3.32. The number of benzene rings is 3. The van der Waals surface area contributed by atoms with E-state index in [0.717, 1.165) is 17.1 Å². The first-order chi connectivity index (χ1) is 15.2. The molecule has 6 nitrogen and oxygen atoms in total. The first-order valence-corrected chi connectivity index (χ1v) is 10.3. The first kappa shape index (κ1) is 20.5. The van der Waals surface area contributed by atoms with Gasteiger partial charge in [0.1, 0.15) is 5.75 Å². The highest BCUT2D eigenvalue weighted by atomic mass is 16.5. The van der Waals surface area contributed by atoms with E-state index in [2.05, 4.69) is 5.32 Å². The quantitative estimate of drug-likeness (QED) is 0.683. The molecule has 1 N–H and O–H groups in total. The Labute approximate surface area is 182 Å². The molecular formula is C25H25N3O3. The smallest absolute Gasteiger partial charge is 0.256 e. The zero-order valence-electron chi connectivity index (χ0n) is 17.5. The second-order valence-electron chi connectivity index (χ2n) is 7.35. The van der Waals surface area contributed by atoms with Gasteiger partial charge in [-0.25, -0.2) is 0 Å². The van der Waals surface area contributed by atoms with Crippen LogP contribution in [0.5, 0.6) is 5.75 Å². The predicted octanol–water partition coefficient (Wildman–Crippen LogP) is 4.04. The van der Waals surface area contributed by atoms with Gasteiger partial charge < -0.3 is 19.9 Å². The second kappa shape index (κ2) is 9.34. The molecule has 3 aromatic carbocycles. The van der Waals surface area contributed by atoms with Gasteiger partial charge in [0.15, 0.2) is 0 Å². The molecular weight excluding hydrogens is 390 g/mol. The van der Waals surface area contributed by atoms with Gasteiger partial charge in [0.25, 0.3) is 11.8 Å². The Bertz CT molecular complexity index is 1040. The lowest BCUT2D eigenvalue weighted by atomic mass is 10.1. The van der Waals surface area contributed by atoms with Crippen LogP contribution in [0.1, 0.15) is 20.7 Å². The topological polar surface area (TPSA) is 61.9 Å². The second-order valence-corrected chi connectivity index (χ2v) is 7.35. The van der Waals surface area contributed by atoms with Crippen molar-refractivity contribution in [3.8, 4) is 5.75 Å². The van der Waals surface area contributed by atoms with Crippen molar-refractivity contribution < 1.29 is 14.3 Å². The minimum absolute atomic E-state index is 0.00858. The number of rotatable bonds is 5. The number of hydrogen-bond donors (Lipinski definition) is 1. The van der Waals surface area contributed by atoms with Gasteiger partial charge in [-0.1, -0.05) is 30.3 Å². The fraction of sp³-hybridized carbons (Fsp3) is 0.200. The molecule has 2 amide bonds. The Morgan fingerprint density at radius 2 is 1.32 bits per heavy atom. The molecule has 4 rings (SSSR count). The van der Waals surface area contributed by atoms with Crippen LogP contribution >= 0.6 is 0 Å². The molecule has 0 aliphatic carbocycles. The fourth-order valence-corrected chi connectivity index (χ4v) is 3.65. The molecule has 0 unspecified atom stereocenters. The van der Waals surface area contributed by atoms with Crippen molar-refractivity contribution in [2.75, 3.05) is 38.6 Å². The Balaban J connectivity index is 1.42. The maximum Gasteiger partial charge on any atom is 0.256 e. The number of anilines is 2. The van der Waals surface area contributed by atoms with Crippen molar-refractivity contribution in [2.45, 2.75) is 0 Å². The fourth-order valence-electron chi connectivity index (χ4n) is 3.65. The summed E-state index contributed by atoms with van der Waals surface area (Å²) in [7, 11) is 1.63. The van der Waals surface area contributed by atoms with Gasteiger partial charge in [-0.05, 0) is 48.5 Å².